The Morgan fingerprint density at radius 3 is 2.56 bits per heavy atom. The van der Waals surface area contributed by atoms with Crippen LogP contribution in [0.5, 0.6) is 0 Å². The van der Waals surface area contributed by atoms with Gasteiger partial charge < -0.3 is 21.7 Å². The van der Waals surface area contributed by atoms with Crippen LogP contribution in [-0.4, -0.2) is 34.5 Å². The van der Waals surface area contributed by atoms with E-state index in [9.17, 15) is 19.2 Å². The molecule has 1 aliphatic rings. The first-order valence-corrected chi connectivity index (χ1v) is 11.9. The minimum absolute atomic E-state index is 0.0805. The summed E-state index contributed by atoms with van der Waals surface area (Å²) in [6.07, 6.45) is 0. The minimum atomic E-state index is -0.707. The fraction of sp³-hybridized carbons (Fsp3) is 0.115. The largest absolute Gasteiger partial charge is 0.368 e. The van der Waals surface area contributed by atoms with Crippen LogP contribution >= 0.6 is 11.5 Å². The van der Waals surface area contributed by atoms with E-state index in [1.165, 1.54) is 17.6 Å². The summed E-state index contributed by atoms with van der Waals surface area (Å²) in [5.41, 5.74) is 8.25. The van der Waals surface area contributed by atoms with Crippen molar-refractivity contribution < 1.29 is 19.2 Å². The van der Waals surface area contributed by atoms with Gasteiger partial charge in [-0.2, -0.15) is 4.37 Å². The zero-order valence-electron chi connectivity index (χ0n) is 19.1. The van der Waals surface area contributed by atoms with E-state index in [1.807, 2.05) is 55.5 Å². The molecule has 1 unspecified atom stereocenters. The lowest BCUT2D eigenvalue weighted by Gasteiger charge is -2.19. The van der Waals surface area contributed by atoms with Gasteiger partial charge in [0.1, 0.15) is 5.69 Å². The van der Waals surface area contributed by atoms with Crippen molar-refractivity contribution in [3.8, 4) is 0 Å². The van der Waals surface area contributed by atoms with Crippen LogP contribution in [0.1, 0.15) is 53.9 Å². The van der Waals surface area contributed by atoms with Crippen molar-refractivity contribution in [2.45, 2.75) is 13.0 Å². The van der Waals surface area contributed by atoms with Crippen LogP contribution in [-0.2, 0) is 4.79 Å². The van der Waals surface area contributed by atoms with Gasteiger partial charge in [0.15, 0.2) is 0 Å². The van der Waals surface area contributed by atoms with E-state index in [1.54, 1.807) is 6.07 Å². The molecule has 1 aliphatic heterocycles. The summed E-state index contributed by atoms with van der Waals surface area (Å²) in [6, 6.07) is 17.4. The Hall–Kier alpha value is -4.57. The number of rotatable bonds is 6. The third kappa shape index (κ3) is 4.07. The molecule has 0 bridgehead atoms. The number of aryl methyl sites for hydroxylation is 1. The maximum Gasteiger partial charge on any atom is 0.276 e. The summed E-state index contributed by atoms with van der Waals surface area (Å²) in [6.45, 7) is 1.55. The first-order chi connectivity index (χ1) is 17.3. The predicted octanol–water partition coefficient (Wildman–Crippen LogP) is 2.90. The first-order valence-electron chi connectivity index (χ1n) is 11.1. The molecule has 180 valence electrons. The molecule has 0 fully saturated rings. The van der Waals surface area contributed by atoms with Crippen LogP contribution in [0.2, 0.25) is 0 Å². The van der Waals surface area contributed by atoms with E-state index in [0.29, 0.717) is 11.3 Å². The zero-order chi connectivity index (χ0) is 25.4. The lowest BCUT2D eigenvalue weighted by Crippen LogP contribution is -2.34. The van der Waals surface area contributed by atoms with Crippen LogP contribution in [0, 0.1) is 6.92 Å². The SMILES string of the molecule is Cc1ccccc1C1NC(=O)c2c(C(=O)NCC(N)=O)ccc(NC(=O)c3nsc4ccccc34)c21. The standard InChI is InChI=1S/C26H21N5O4S/c1-13-6-2-3-7-14(13)22-21-17(29-26(35)23-15-8-4-5-9-18(15)36-31-23)11-10-16(20(21)25(34)30-22)24(33)28-12-19(27)32/h2-11,22H,12H2,1H3,(H2,27,32)(H,28,33)(H,29,35)(H,30,34). The van der Waals surface area contributed by atoms with Crippen LogP contribution < -0.4 is 21.7 Å². The van der Waals surface area contributed by atoms with E-state index in [0.717, 1.165) is 21.2 Å². The normalized spacial score (nSPS) is 14.2. The number of carbonyl (C=O) groups is 4. The Bertz CT molecular complexity index is 1560. The number of nitrogens with zero attached hydrogens (tertiary/aromatic N) is 1. The van der Waals surface area contributed by atoms with Crippen molar-refractivity contribution >= 4 is 50.9 Å². The van der Waals surface area contributed by atoms with E-state index in [-0.39, 0.29) is 23.4 Å². The molecule has 1 aromatic heterocycles. The predicted molar refractivity (Wildman–Crippen MR) is 136 cm³/mol. The second kappa shape index (κ2) is 9.23. The van der Waals surface area contributed by atoms with E-state index in [4.69, 9.17) is 5.73 Å². The number of carbonyl (C=O) groups excluding carboxylic acids is 4. The Balaban J connectivity index is 1.61. The lowest BCUT2D eigenvalue weighted by atomic mass is 9.91. The van der Waals surface area contributed by atoms with Gasteiger partial charge in [-0.25, -0.2) is 0 Å². The average molecular weight is 500 g/mol. The van der Waals surface area contributed by atoms with E-state index >= 15 is 0 Å². The summed E-state index contributed by atoms with van der Waals surface area (Å²) >= 11 is 1.22. The van der Waals surface area contributed by atoms with Gasteiger partial charge in [-0.15, -0.1) is 0 Å². The number of fused-ring (bicyclic) bond motifs is 2. The molecule has 4 amide bonds. The Labute approximate surface area is 209 Å². The van der Waals surface area contributed by atoms with Gasteiger partial charge in [-0.1, -0.05) is 42.5 Å². The molecule has 4 aromatic rings. The topological polar surface area (TPSA) is 143 Å². The molecule has 3 aromatic carbocycles. The number of amides is 4. The number of hydrogen-bond donors (Lipinski definition) is 4. The van der Waals surface area contributed by atoms with E-state index < -0.39 is 29.7 Å². The molecule has 0 aliphatic carbocycles. The number of benzene rings is 3. The second-order valence-electron chi connectivity index (χ2n) is 8.34. The number of anilines is 1. The maximum absolute atomic E-state index is 13.3. The van der Waals surface area contributed by atoms with Gasteiger partial charge in [-0.3, -0.25) is 19.2 Å². The quantitative estimate of drug-likeness (QED) is 0.323. The van der Waals surface area contributed by atoms with Gasteiger partial charge >= 0.3 is 0 Å². The molecule has 36 heavy (non-hydrogen) atoms. The van der Waals surface area contributed by atoms with Gasteiger partial charge in [0.25, 0.3) is 17.7 Å². The van der Waals surface area contributed by atoms with Gasteiger partial charge in [0.05, 0.1) is 28.4 Å². The fourth-order valence-corrected chi connectivity index (χ4v) is 5.15. The number of nitrogens with two attached hydrogens (primary N) is 1. The Kier molecular flexibility index (Phi) is 5.95. The monoisotopic (exact) mass is 499 g/mol. The lowest BCUT2D eigenvalue weighted by molar-refractivity contribution is -0.117. The van der Waals surface area contributed by atoms with Crippen LogP contribution in [0.15, 0.2) is 60.7 Å². The zero-order valence-corrected chi connectivity index (χ0v) is 19.9. The van der Waals surface area contributed by atoms with Crippen molar-refractivity contribution in [2.75, 3.05) is 11.9 Å². The van der Waals surface area contributed by atoms with Crippen molar-refractivity contribution in [1.29, 1.82) is 0 Å². The molecule has 0 saturated heterocycles. The molecular weight excluding hydrogens is 478 g/mol. The molecule has 0 radical (unpaired) electrons. The number of primary amides is 1. The summed E-state index contributed by atoms with van der Waals surface area (Å²) in [7, 11) is 0. The molecule has 5 N–H and O–H groups in total. The third-order valence-corrected chi connectivity index (χ3v) is 6.87. The molecule has 1 atom stereocenters. The van der Waals surface area contributed by atoms with Crippen LogP contribution in [0.4, 0.5) is 5.69 Å². The maximum atomic E-state index is 13.3. The summed E-state index contributed by atoms with van der Waals surface area (Å²) in [5.74, 6) is -2.21. The molecule has 5 rings (SSSR count). The molecular formula is C26H21N5O4S. The Morgan fingerprint density at radius 1 is 1.03 bits per heavy atom. The smallest absolute Gasteiger partial charge is 0.276 e. The minimum Gasteiger partial charge on any atom is -0.368 e. The van der Waals surface area contributed by atoms with Crippen molar-refractivity contribution in [2.24, 2.45) is 5.73 Å². The first kappa shape index (κ1) is 23.2. The second-order valence-corrected chi connectivity index (χ2v) is 9.15. The number of aromatic nitrogens is 1. The summed E-state index contributed by atoms with van der Waals surface area (Å²) in [5, 5.41) is 8.99. The third-order valence-electron chi connectivity index (χ3n) is 6.04. The number of nitrogens with one attached hydrogen (secondary N) is 3. The highest BCUT2D eigenvalue weighted by Crippen LogP contribution is 2.39. The summed E-state index contributed by atoms with van der Waals surface area (Å²) in [4.78, 5) is 50.4. The van der Waals surface area contributed by atoms with Gasteiger partial charge in [-0.05, 0) is 47.8 Å². The number of hydrogen-bond acceptors (Lipinski definition) is 6. The Morgan fingerprint density at radius 2 is 1.78 bits per heavy atom. The van der Waals surface area contributed by atoms with E-state index in [2.05, 4.69) is 20.3 Å². The van der Waals surface area contributed by atoms with Crippen molar-refractivity contribution in [3.05, 3.63) is 94.2 Å². The van der Waals surface area contributed by atoms with Crippen molar-refractivity contribution in [1.82, 2.24) is 15.0 Å². The fourth-order valence-electron chi connectivity index (χ4n) is 4.38. The molecule has 2 heterocycles. The van der Waals surface area contributed by atoms with Crippen molar-refractivity contribution in [3.63, 3.8) is 0 Å². The highest BCUT2D eigenvalue weighted by molar-refractivity contribution is 7.13. The molecule has 0 spiro atoms. The molecule has 9 nitrogen and oxygen atoms in total. The molecule has 0 saturated carbocycles. The average Bonchev–Trinajstić information content (AvgIpc) is 3.45. The molecule has 10 heteroatoms. The highest BCUT2D eigenvalue weighted by atomic mass is 32.1. The van der Waals surface area contributed by atoms with Gasteiger partial charge in [0, 0.05) is 16.6 Å². The van der Waals surface area contributed by atoms with Gasteiger partial charge in [0.2, 0.25) is 5.91 Å². The highest BCUT2D eigenvalue weighted by Gasteiger charge is 2.37. The van der Waals surface area contributed by atoms with Crippen LogP contribution in [0.25, 0.3) is 10.1 Å². The summed E-state index contributed by atoms with van der Waals surface area (Å²) < 4.78 is 5.20. The van der Waals surface area contributed by atoms with Crippen LogP contribution in [0.3, 0.4) is 0 Å².